The highest BCUT2D eigenvalue weighted by Gasteiger charge is 2.22. The fourth-order valence-corrected chi connectivity index (χ4v) is 3.34. The molecule has 6 heteroatoms. The monoisotopic (exact) mass is 376 g/mol. The van der Waals surface area contributed by atoms with Gasteiger partial charge in [-0.3, -0.25) is 4.79 Å². The topological polar surface area (TPSA) is 57.3 Å². The number of rotatable bonds is 4. The highest BCUT2D eigenvalue weighted by atomic mass is 19.1. The molecule has 0 saturated carbocycles. The standard InChI is InChI=1S/C22H21FN4O/c23-18-6-8-19(9-7-18)26-22(28)17-10-11-25-21(14-17)27-13-12-24-20(15-27)16-4-2-1-3-5-16/h1-11,14,20,24H,12-13,15H2,(H,26,28)/t20-/m0/s1. The second-order valence-corrected chi connectivity index (χ2v) is 6.73. The number of piperazine rings is 1. The molecule has 2 aromatic carbocycles. The van der Waals surface area contributed by atoms with Crippen molar-refractivity contribution in [1.29, 1.82) is 0 Å². The number of pyridine rings is 1. The maximum atomic E-state index is 13.0. The number of carbonyl (C=O) groups is 1. The van der Waals surface area contributed by atoms with Crippen molar-refractivity contribution in [3.8, 4) is 0 Å². The molecule has 2 heterocycles. The molecular weight excluding hydrogens is 355 g/mol. The van der Waals surface area contributed by atoms with Crippen LogP contribution >= 0.6 is 0 Å². The van der Waals surface area contributed by atoms with Gasteiger partial charge in [0.25, 0.3) is 5.91 Å². The summed E-state index contributed by atoms with van der Waals surface area (Å²) in [5.41, 5.74) is 2.30. The van der Waals surface area contributed by atoms with Crippen molar-refractivity contribution in [3.63, 3.8) is 0 Å². The molecular formula is C22H21FN4O. The summed E-state index contributed by atoms with van der Waals surface area (Å²) in [7, 11) is 0. The van der Waals surface area contributed by atoms with Gasteiger partial charge in [-0.25, -0.2) is 9.37 Å². The van der Waals surface area contributed by atoms with Crippen LogP contribution in [0.5, 0.6) is 0 Å². The molecule has 1 aliphatic rings. The van der Waals surface area contributed by atoms with E-state index in [4.69, 9.17) is 0 Å². The molecule has 0 radical (unpaired) electrons. The van der Waals surface area contributed by atoms with Gasteiger partial charge >= 0.3 is 0 Å². The van der Waals surface area contributed by atoms with Gasteiger partial charge < -0.3 is 15.5 Å². The summed E-state index contributed by atoms with van der Waals surface area (Å²) in [5.74, 6) is 0.190. The summed E-state index contributed by atoms with van der Waals surface area (Å²) in [6.07, 6.45) is 1.65. The molecule has 1 atom stereocenters. The van der Waals surface area contributed by atoms with Crippen molar-refractivity contribution in [2.75, 3.05) is 29.9 Å². The Morgan fingerprint density at radius 1 is 1.11 bits per heavy atom. The summed E-state index contributed by atoms with van der Waals surface area (Å²) in [6.45, 7) is 2.44. The predicted octanol–water partition coefficient (Wildman–Crippen LogP) is 3.62. The van der Waals surface area contributed by atoms with Crippen LogP contribution in [0.1, 0.15) is 22.0 Å². The van der Waals surface area contributed by atoms with Crippen molar-refractivity contribution in [1.82, 2.24) is 10.3 Å². The second-order valence-electron chi connectivity index (χ2n) is 6.73. The first-order chi connectivity index (χ1) is 13.7. The number of nitrogens with one attached hydrogen (secondary N) is 2. The van der Waals surface area contributed by atoms with E-state index in [-0.39, 0.29) is 17.8 Å². The van der Waals surface area contributed by atoms with E-state index < -0.39 is 0 Å². The Hall–Kier alpha value is -3.25. The number of hydrogen-bond acceptors (Lipinski definition) is 4. The number of anilines is 2. The number of aromatic nitrogens is 1. The van der Waals surface area contributed by atoms with E-state index in [1.807, 2.05) is 18.2 Å². The van der Waals surface area contributed by atoms with Crippen LogP contribution in [0.4, 0.5) is 15.9 Å². The van der Waals surface area contributed by atoms with Gasteiger partial charge in [-0.05, 0) is 42.0 Å². The average molecular weight is 376 g/mol. The van der Waals surface area contributed by atoms with Crippen molar-refractivity contribution >= 4 is 17.4 Å². The molecule has 0 unspecified atom stereocenters. The van der Waals surface area contributed by atoms with Gasteiger partial charge in [0.2, 0.25) is 0 Å². The lowest BCUT2D eigenvalue weighted by Gasteiger charge is -2.34. The minimum absolute atomic E-state index is 0.216. The molecule has 5 nitrogen and oxygen atoms in total. The molecule has 1 fully saturated rings. The lowest BCUT2D eigenvalue weighted by Crippen LogP contribution is -2.46. The van der Waals surface area contributed by atoms with Gasteiger partial charge in [-0.2, -0.15) is 0 Å². The lowest BCUT2D eigenvalue weighted by molar-refractivity contribution is 0.102. The number of nitrogens with zero attached hydrogens (tertiary/aromatic N) is 2. The molecule has 2 N–H and O–H groups in total. The first-order valence-corrected chi connectivity index (χ1v) is 9.25. The van der Waals surface area contributed by atoms with E-state index in [9.17, 15) is 9.18 Å². The normalized spacial score (nSPS) is 16.6. The summed E-state index contributed by atoms with van der Waals surface area (Å²) < 4.78 is 13.0. The second kappa shape index (κ2) is 8.19. The largest absolute Gasteiger partial charge is 0.353 e. The highest BCUT2D eigenvalue weighted by molar-refractivity contribution is 6.04. The van der Waals surface area contributed by atoms with Crippen molar-refractivity contribution in [2.45, 2.75) is 6.04 Å². The van der Waals surface area contributed by atoms with E-state index in [1.54, 1.807) is 18.3 Å². The third-order valence-electron chi connectivity index (χ3n) is 4.81. The van der Waals surface area contributed by atoms with E-state index in [0.717, 1.165) is 25.5 Å². The van der Waals surface area contributed by atoms with Crippen LogP contribution in [-0.2, 0) is 0 Å². The molecule has 28 heavy (non-hydrogen) atoms. The van der Waals surface area contributed by atoms with Crippen LogP contribution in [0.3, 0.4) is 0 Å². The Morgan fingerprint density at radius 3 is 2.68 bits per heavy atom. The Labute approximate surface area is 163 Å². The van der Waals surface area contributed by atoms with Crippen LogP contribution in [0.2, 0.25) is 0 Å². The van der Waals surface area contributed by atoms with E-state index >= 15 is 0 Å². The van der Waals surface area contributed by atoms with E-state index in [1.165, 1.54) is 29.8 Å². The quantitative estimate of drug-likeness (QED) is 0.730. The van der Waals surface area contributed by atoms with Crippen LogP contribution in [0.25, 0.3) is 0 Å². The fraction of sp³-hybridized carbons (Fsp3) is 0.182. The van der Waals surface area contributed by atoms with Gasteiger partial charge in [0.15, 0.2) is 0 Å². The number of halogens is 1. The molecule has 1 saturated heterocycles. The van der Waals surface area contributed by atoms with E-state index in [2.05, 4.69) is 32.7 Å². The molecule has 3 aromatic rings. The molecule has 4 rings (SSSR count). The Kier molecular flexibility index (Phi) is 5.30. The number of amides is 1. The predicted molar refractivity (Wildman–Crippen MR) is 108 cm³/mol. The molecule has 0 spiro atoms. The highest BCUT2D eigenvalue weighted by Crippen LogP contribution is 2.22. The van der Waals surface area contributed by atoms with Gasteiger partial charge in [0.1, 0.15) is 11.6 Å². The van der Waals surface area contributed by atoms with Crippen LogP contribution in [0.15, 0.2) is 72.9 Å². The minimum atomic E-state index is -0.337. The number of carbonyl (C=O) groups excluding carboxylic acids is 1. The summed E-state index contributed by atoms with van der Waals surface area (Å²) in [5, 5.41) is 6.32. The molecule has 0 bridgehead atoms. The van der Waals surface area contributed by atoms with Gasteiger partial charge in [-0.15, -0.1) is 0 Å². The number of hydrogen-bond donors (Lipinski definition) is 2. The lowest BCUT2D eigenvalue weighted by atomic mass is 10.0. The SMILES string of the molecule is O=C(Nc1ccc(F)cc1)c1ccnc(N2CCN[C@H](c3ccccc3)C2)c1. The smallest absolute Gasteiger partial charge is 0.255 e. The third-order valence-corrected chi connectivity index (χ3v) is 4.81. The molecule has 0 aliphatic carbocycles. The minimum Gasteiger partial charge on any atom is -0.353 e. The summed E-state index contributed by atoms with van der Waals surface area (Å²) >= 11 is 0. The molecule has 1 aromatic heterocycles. The Morgan fingerprint density at radius 2 is 1.89 bits per heavy atom. The van der Waals surface area contributed by atoms with Crippen LogP contribution in [0, 0.1) is 5.82 Å². The zero-order valence-electron chi connectivity index (χ0n) is 15.3. The Balaban J connectivity index is 1.48. The van der Waals surface area contributed by atoms with Gasteiger partial charge in [0, 0.05) is 43.1 Å². The van der Waals surface area contributed by atoms with Crippen molar-refractivity contribution in [2.24, 2.45) is 0 Å². The summed E-state index contributed by atoms with van der Waals surface area (Å²) in [6, 6.07) is 19.7. The number of benzene rings is 2. The maximum Gasteiger partial charge on any atom is 0.255 e. The molecule has 1 aliphatic heterocycles. The van der Waals surface area contributed by atoms with Crippen molar-refractivity contribution < 1.29 is 9.18 Å². The van der Waals surface area contributed by atoms with Crippen LogP contribution in [-0.4, -0.2) is 30.5 Å². The maximum absolute atomic E-state index is 13.0. The fourth-order valence-electron chi connectivity index (χ4n) is 3.34. The first kappa shape index (κ1) is 18.1. The zero-order valence-corrected chi connectivity index (χ0v) is 15.3. The van der Waals surface area contributed by atoms with Gasteiger partial charge in [0.05, 0.1) is 0 Å². The summed E-state index contributed by atoms with van der Waals surface area (Å²) in [4.78, 5) is 19.2. The van der Waals surface area contributed by atoms with Crippen molar-refractivity contribution in [3.05, 3.63) is 89.9 Å². The zero-order chi connectivity index (χ0) is 19.3. The third kappa shape index (κ3) is 4.18. The van der Waals surface area contributed by atoms with E-state index in [0.29, 0.717) is 11.3 Å². The average Bonchev–Trinajstić information content (AvgIpc) is 2.76. The first-order valence-electron chi connectivity index (χ1n) is 9.25. The molecule has 1 amide bonds. The van der Waals surface area contributed by atoms with Crippen LogP contribution < -0.4 is 15.5 Å². The molecule has 142 valence electrons. The van der Waals surface area contributed by atoms with Gasteiger partial charge in [-0.1, -0.05) is 30.3 Å². The Bertz CT molecular complexity index is 946.